The van der Waals surface area contributed by atoms with Gasteiger partial charge in [0.15, 0.2) is 5.96 Å². The lowest BCUT2D eigenvalue weighted by molar-refractivity contribution is -0.00835. The summed E-state index contributed by atoms with van der Waals surface area (Å²) in [4.78, 5) is 7.08. The molecule has 1 N–H and O–H groups in total. The summed E-state index contributed by atoms with van der Waals surface area (Å²) in [7, 11) is -2.98. The first-order valence-corrected chi connectivity index (χ1v) is 12.2. The molecule has 0 radical (unpaired) electrons. The maximum atomic E-state index is 11.7. The minimum atomic E-state index is -2.98. The van der Waals surface area contributed by atoms with Crippen LogP contribution in [0.4, 0.5) is 0 Å². The fourth-order valence-electron chi connectivity index (χ4n) is 3.97. The Balaban J connectivity index is 0.00000300. The summed E-state index contributed by atoms with van der Waals surface area (Å²) in [5.74, 6) is 1.09. The lowest BCUT2D eigenvalue weighted by Crippen LogP contribution is -2.48. The molecule has 0 amide bonds. The Labute approximate surface area is 192 Å². The van der Waals surface area contributed by atoms with Gasteiger partial charge in [-0.2, -0.15) is 0 Å². The van der Waals surface area contributed by atoms with Gasteiger partial charge in [-0.05, 0) is 44.7 Å². The molecule has 1 aromatic rings. The van der Waals surface area contributed by atoms with E-state index in [2.05, 4.69) is 49.2 Å². The maximum absolute atomic E-state index is 11.7. The van der Waals surface area contributed by atoms with Crippen LogP contribution in [0.1, 0.15) is 42.6 Å². The average Bonchev–Trinajstić information content (AvgIpc) is 3.36. The smallest absolute Gasteiger partial charge is 0.194 e. The van der Waals surface area contributed by atoms with Crippen LogP contribution in [0.25, 0.3) is 0 Å². The third kappa shape index (κ3) is 6.82. The van der Waals surface area contributed by atoms with Crippen LogP contribution in [-0.2, 0) is 14.6 Å². The molecular weight excluding hydrogens is 501 g/mol. The lowest BCUT2D eigenvalue weighted by atomic mass is 10.00. The van der Waals surface area contributed by atoms with E-state index in [9.17, 15) is 8.42 Å². The summed E-state index contributed by atoms with van der Waals surface area (Å²) in [5.41, 5.74) is 3.57. The van der Waals surface area contributed by atoms with Crippen molar-refractivity contribution in [2.45, 2.75) is 39.7 Å². The predicted octanol–water partition coefficient (Wildman–Crippen LogP) is 3.09. The average molecular weight is 535 g/mol. The number of aliphatic imine (C=N–C) groups is 1. The van der Waals surface area contributed by atoms with Gasteiger partial charge >= 0.3 is 0 Å². The summed E-state index contributed by atoms with van der Waals surface area (Å²) in [5, 5.41) is 3.38. The number of benzene rings is 1. The molecule has 1 atom stereocenters. The highest BCUT2D eigenvalue weighted by Crippen LogP contribution is 2.47. The largest absolute Gasteiger partial charge is 0.370 e. The monoisotopic (exact) mass is 535 g/mol. The van der Waals surface area contributed by atoms with E-state index in [4.69, 9.17) is 9.73 Å². The Hall–Kier alpha value is -0.870. The molecule has 1 saturated heterocycles. The second-order valence-corrected chi connectivity index (χ2v) is 10.5. The van der Waals surface area contributed by atoms with Crippen molar-refractivity contribution >= 4 is 39.8 Å². The number of morpholine rings is 1. The first kappa shape index (κ1) is 24.4. The SMILES string of the molecule is CCNC(=NCC1(CS(C)(=O)=O)CC1)N1CCOC(c2ccc(C)cc2C)C1.I. The summed E-state index contributed by atoms with van der Waals surface area (Å²) < 4.78 is 29.5. The van der Waals surface area contributed by atoms with Crippen LogP contribution < -0.4 is 5.32 Å². The van der Waals surface area contributed by atoms with Crippen LogP contribution >= 0.6 is 24.0 Å². The molecule has 0 spiro atoms. The quantitative estimate of drug-likeness (QED) is 0.345. The van der Waals surface area contributed by atoms with Crippen molar-refractivity contribution in [1.82, 2.24) is 10.2 Å². The zero-order valence-corrected chi connectivity index (χ0v) is 21.0. The second-order valence-electron chi connectivity index (χ2n) is 8.41. The number of aryl methyl sites for hydroxylation is 2. The van der Waals surface area contributed by atoms with Crippen molar-refractivity contribution in [3.63, 3.8) is 0 Å². The van der Waals surface area contributed by atoms with E-state index in [1.807, 2.05) is 0 Å². The van der Waals surface area contributed by atoms with Crippen LogP contribution in [-0.4, -0.2) is 64.1 Å². The van der Waals surface area contributed by atoms with Crippen molar-refractivity contribution < 1.29 is 13.2 Å². The van der Waals surface area contributed by atoms with E-state index in [0.717, 1.165) is 38.4 Å². The van der Waals surface area contributed by atoms with E-state index in [-0.39, 0.29) is 41.2 Å². The molecule has 0 aromatic heterocycles. The number of guanidine groups is 1. The predicted molar refractivity (Wildman–Crippen MR) is 129 cm³/mol. The number of nitrogens with zero attached hydrogens (tertiary/aromatic N) is 2. The first-order valence-electron chi connectivity index (χ1n) is 10.1. The number of hydrogen-bond acceptors (Lipinski definition) is 4. The van der Waals surface area contributed by atoms with Crippen LogP contribution in [0.2, 0.25) is 0 Å². The van der Waals surface area contributed by atoms with Gasteiger partial charge in [-0.1, -0.05) is 23.8 Å². The molecule has 8 heteroatoms. The number of halogens is 1. The Bertz CT molecular complexity index is 838. The fourth-order valence-corrected chi connectivity index (χ4v) is 5.46. The van der Waals surface area contributed by atoms with Crippen LogP contribution in [0, 0.1) is 19.3 Å². The zero-order chi connectivity index (χ0) is 20.4. The number of sulfone groups is 1. The number of hydrogen-bond donors (Lipinski definition) is 1. The molecule has 1 aliphatic heterocycles. The summed E-state index contributed by atoms with van der Waals surface area (Å²) in [6, 6.07) is 6.49. The van der Waals surface area contributed by atoms with Crippen LogP contribution in [0.5, 0.6) is 0 Å². The van der Waals surface area contributed by atoms with Crippen LogP contribution in [0.3, 0.4) is 0 Å². The summed E-state index contributed by atoms with van der Waals surface area (Å²) in [6.45, 7) is 9.81. The number of nitrogens with one attached hydrogen (secondary N) is 1. The Kier molecular flexibility index (Phi) is 8.38. The van der Waals surface area contributed by atoms with Gasteiger partial charge in [-0.3, -0.25) is 4.99 Å². The Morgan fingerprint density at radius 1 is 1.34 bits per heavy atom. The molecule has 1 heterocycles. The molecule has 29 heavy (non-hydrogen) atoms. The van der Waals surface area contributed by atoms with Crippen molar-refractivity contribution in [3.05, 3.63) is 34.9 Å². The van der Waals surface area contributed by atoms with Gasteiger partial charge in [0.2, 0.25) is 0 Å². The highest BCUT2D eigenvalue weighted by molar-refractivity contribution is 14.0. The minimum absolute atomic E-state index is 0. The van der Waals surface area contributed by atoms with Crippen molar-refractivity contribution in [2.75, 3.05) is 44.8 Å². The second kappa shape index (κ2) is 9.96. The highest BCUT2D eigenvalue weighted by Gasteiger charge is 2.45. The topological polar surface area (TPSA) is 71.0 Å². The van der Waals surface area contributed by atoms with Gasteiger partial charge in [0, 0.05) is 31.3 Å². The lowest BCUT2D eigenvalue weighted by Gasteiger charge is -2.36. The minimum Gasteiger partial charge on any atom is -0.370 e. The molecule has 1 aliphatic carbocycles. The van der Waals surface area contributed by atoms with E-state index < -0.39 is 9.84 Å². The molecule has 2 aliphatic rings. The molecule has 164 valence electrons. The molecular formula is C21H34IN3O3S. The summed E-state index contributed by atoms with van der Waals surface area (Å²) >= 11 is 0. The van der Waals surface area contributed by atoms with Crippen LogP contribution in [0.15, 0.2) is 23.2 Å². The van der Waals surface area contributed by atoms with Gasteiger partial charge in [-0.15, -0.1) is 24.0 Å². The zero-order valence-electron chi connectivity index (χ0n) is 17.9. The molecule has 6 nitrogen and oxygen atoms in total. The molecule has 1 unspecified atom stereocenters. The molecule has 1 saturated carbocycles. The van der Waals surface area contributed by atoms with Gasteiger partial charge in [0.1, 0.15) is 15.9 Å². The third-order valence-corrected chi connectivity index (χ3v) is 6.70. The summed E-state index contributed by atoms with van der Waals surface area (Å²) in [6.07, 6.45) is 3.22. The van der Waals surface area contributed by atoms with Crippen molar-refractivity contribution in [3.8, 4) is 0 Å². The number of rotatable bonds is 6. The van der Waals surface area contributed by atoms with Gasteiger partial charge in [-0.25, -0.2) is 8.42 Å². The first-order chi connectivity index (χ1) is 13.2. The molecule has 0 bridgehead atoms. The van der Waals surface area contributed by atoms with Gasteiger partial charge < -0.3 is 15.0 Å². The Morgan fingerprint density at radius 2 is 2.07 bits per heavy atom. The van der Waals surface area contributed by atoms with E-state index >= 15 is 0 Å². The molecule has 2 fully saturated rings. The van der Waals surface area contributed by atoms with E-state index in [0.29, 0.717) is 13.2 Å². The van der Waals surface area contributed by atoms with Gasteiger partial charge in [0.25, 0.3) is 0 Å². The third-order valence-electron chi connectivity index (χ3n) is 5.56. The van der Waals surface area contributed by atoms with E-state index in [1.54, 1.807) is 0 Å². The normalized spacial score (nSPS) is 21.4. The number of ether oxygens (including phenoxy) is 1. The maximum Gasteiger partial charge on any atom is 0.194 e. The molecule has 1 aromatic carbocycles. The van der Waals surface area contributed by atoms with Gasteiger partial charge in [0.05, 0.1) is 18.9 Å². The van der Waals surface area contributed by atoms with Crippen molar-refractivity contribution in [2.24, 2.45) is 10.4 Å². The highest BCUT2D eigenvalue weighted by atomic mass is 127. The fraction of sp³-hybridized carbons (Fsp3) is 0.667. The van der Waals surface area contributed by atoms with Crippen molar-refractivity contribution in [1.29, 1.82) is 0 Å². The standard InChI is InChI=1S/C21H33N3O3S.HI/c1-5-22-20(23-14-21(8-9-21)15-28(4,25)26)24-10-11-27-19(13-24)18-7-6-16(2)12-17(18)3;/h6-7,12,19H,5,8-11,13-15H2,1-4H3,(H,22,23);1H. The van der Waals surface area contributed by atoms with E-state index in [1.165, 1.54) is 22.9 Å². The molecule has 3 rings (SSSR count). The Morgan fingerprint density at radius 3 is 2.66 bits per heavy atom.